The highest BCUT2D eigenvalue weighted by atomic mass is 14.9. The lowest BCUT2D eigenvalue weighted by Crippen LogP contribution is -2.49. The molecule has 0 saturated heterocycles. The van der Waals surface area contributed by atoms with Gasteiger partial charge in [0.05, 0.1) is 0 Å². The summed E-state index contributed by atoms with van der Waals surface area (Å²) in [6.45, 7) is 10.5. The van der Waals surface area contributed by atoms with Crippen LogP contribution >= 0.6 is 0 Å². The van der Waals surface area contributed by atoms with E-state index in [0.29, 0.717) is 10.8 Å². The second-order valence-corrected chi connectivity index (χ2v) is 5.56. The first kappa shape index (κ1) is 17.9. The van der Waals surface area contributed by atoms with Gasteiger partial charge in [-0.05, 0) is 63.5 Å². The zero-order chi connectivity index (χ0) is 14.1. The van der Waals surface area contributed by atoms with Crippen molar-refractivity contribution in [3.63, 3.8) is 0 Å². The topological polar surface area (TPSA) is 24.1 Å². The molecule has 0 heterocycles. The molecular formula is C16H36N2. The van der Waals surface area contributed by atoms with E-state index < -0.39 is 0 Å². The van der Waals surface area contributed by atoms with Crippen molar-refractivity contribution in [1.82, 2.24) is 10.6 Å². The molecule has 0 radical (unpaired) electrons. The van der Waals surface area contributed by atoms with Crippen LogP contribution in [0.2, 0.25) is 0 Å². The van der Waals surface area contributed by atoms with Crippen molar-refractivity contribution in [2.24, 2.45) is 10.8 Å². The Morgan fingerprint density at radius 2 is 0.833 bits per heavy atom. The molecule has 0 unspecified atom stereocenters. The average molecular weight is 256 g/mol. The molecule has 2 heteroatoms. The number of rotatable bonds is 4. The molecule has 3 aliphatic rings. The third-order valence-electron chi connectivity index (χ3n) is 4.66. The summed E-state index contributed by atoms with van der Waals surface area (Å²) >= 11 is 0. The van der Waals surface area contributed by atoms with Gasteiger partial charge in [-0.15, -0.1) is 0 Å². The Morgan fingerprint density at radius 1 is 0.611 bits per heavy atom. The summed E-state index contributed by atoms with van der Waals surface area (Å²) in [4.78, 5) is 0. The highest BCUT2D eigenvalue weighted by Gasteiger charge is 2.47. The number of nitrogens with one attached hydrogen (secondary N) is 2. The maximum Gasteiger partial charge on any atom is 0.000481 e. The molecule has 0 aromatic carbocycles. The van der Waals surface area contributed by atoms with Crippen LogP contribution in [0.5, 0.6) is 0 Å². The minimum Gasteiger partial charge on any atom is -0.319 e. The molecule has 110 valence electrons. The minimum absolute atomic E-state index is 0.671. The highest BCUT2D eigenvalue weighted by molar-refractivity contribution is 5.00. The van der Waals surface area contributed by atoms with E-state index in [1.54, 1.807) is 0 Å². The van der Waals surface area contributed by atoms with Crippen LogP contribution < -0.4 is 10.6 Å². The summed E-state index contributed by atoms with van der Waals surface area (Å²) in [5, 5.41) is 6.77. The van der Waals surface area contributed by atoms with Gasteiger partial charge in [-0.3, -0.25) is 0 Å². The van der Waals surface area contributed by atoms with Crippen molar-refractivity contribution in [3.8, 4) is 0 Å². The Bertz CT molecular complexity index is 155. The van der Waals surface area contributed by atoms with Crippen molar-refractivity contribution >= 4 is 0 Å². The van der Waals surface area contributed by atoms with E-state index in [1.807, 2.05) is 27.7 Å². The van der Waals surface area contributed by atoms with Crippen LogP contribution in [0.15, 0.2) is 0 Å². The standard InChI is InChI=1S/C12H24N2.2C2H6/c1-13-9-11-3-6-12(7-4-11,8-5-11)10-14-2;2*1-2/h13-14H,3-10H2,1-2H3;2*1-2H3. The van der Waals surface area contributed by atoms with Crippen molar-refractivity contribution in [2.75, 3.05) is 27.2 Å². The molecular weight excluding hydrogens is 220 g/mol. The van der Waals surface area contributed by atoms with Crippen LogP contribution in [-0.4, -0.2) is 27.2 Å². The number of hydrogen-bond donors (Lipinski definition) is 2. The van der Waals surface area contributed by atoms with Crippen LogP contribution in [0.4, 0.5) is 0 Å². The van der Waals surface area contributed by atoms with Gasteiger partial charge in [0.1, 0.15) is 0 Å². The third kappa shape index (κ3) is 4.24. The van der Waals surface area contributed by atoms with Gasteiger partial charge in [0.25, 0.3) is 0 Å². The van der Waals surface area contributed by atoms with Gasteiger partial charge in [0, 0.05) is 13.1 Å². The predicted octanol–water partition coefficient (Wildman–Crippen LogP) is 3.82. The van der Waals surface area contributed by atoms with Crippen molar-refractivity contribution in [2.45, 2.75) is 66.2 Å². The molecule has 3 aliphatic carbocycles. The first-order valence-electron chi connectivity index (χ1n) is 8.04. The Labute approximate surface area is 115 Å². The minimum atomic E-state index is 0.671. The molecule has 0 aromatic rings. The molecule has 0 spiro atoms. The molecule has 0 amide bonds. The number of fused-ring (bicyclic) bond motifs is 3. The lowest BCUT2D eigenvalue weighted by atomic mass is 9.53. The van der Waals surface area contributed by atoms with Crippen LogP contribution in [-0.2, 0) is 0 Å². The van der Waals surface area contributed by atoms with Crippen LogP contribution in [0, 0.1) is 10.8 Å². The summed E-state index contributed by atoms with van der Waals surface area (Å²) in [5.74, 6) is 0. The summed E-state index contributed by atoms with van der Waals surface area (Å²) in [6, 6.07) is 0. The largest absolute Gasteiger partial charge is 0.319 e. The molecule has 2 N–H and O–H groups in total. The third-order valence-corrected chi connectivity index (χ3v) is 4.66. The lowest BCUT2D eigenvalue weighted by Gasteiger charge is -2.53. The Morgan fingerprint density at radius 3 is 1.00 bits per heavy atom. The predicted molar refractivity (Wildman–Crippen MR) is 83.1 cm³/mol. The van der Waals surface area contributed by atoms with Crippen LogP contribution in [0.1, 0.15) is 66.2 Å². The quantitative estimate of drug-likeness (QED) is 0.799. The molecule has 0 aromatic heterocycles. The molecule has 3 fully saturated rings. The molecule has 0 atom stereocenters. The van der Waals surface area contributed by atoms with E-state index in [1.165, 1.54) is 51.6 Å². The lowest BCUT2D eigenvalue weighted by molar-refractivity contribution is -0.00522. The maximum absolute atomic E-state index is 3.38. The second kappa shape index (κ2) is 8.92. The van der Waals surface area contributed by atoms with Crippen LogP contribution in [0.25, 0.3) is 0 Å². The number of hydrogen-bond acceptors (Lipinski definition) is 2. The van der Waals surface area contributed by atoms with E-state index in [9.17, 15) is 0 Å². The maximum atomic E-state index is 3.38. The Balaban J connectivity index is 0.000000659. The van der Waals surface area contributed by atoms with E-state index in [-0.39, 0.29) is 0 Å². The molecule has 2 bridgehead atoms. The first-order valence-corrected chi connectivity index (χ1v) is 8.04. The first-order chi connectivity index (χ1) is 8.74. The van der Waals surface area contributed by atoms with Gasteiger partial charge in [0.2, 0.25) is 0 Å². The molecule has 0 aliphatic heterocycles. The monoisotopic (exact) mass is 256 g/mol. The van der Waals surface area contributed by atoms with Crippen molar-refractivity contribution in [1.29, 1.82) is 0 Å². The fraction of sp³-hybridized carbons (Fsp3) is 1.00. The van der Waals surface area contributed by atoms with E-state index >= 15 is 0 Å². The van der Waals surface area contributed by atoms with Gasteiger partial charge in [-0.25, -0.2) is 0 Å². The fourth-order valence-electron chi connectivity index (χ4n) is 3.62. The van der Waals surface area contributed by atoms with Crippen molar-refractivity contribution < 1.29 is 0 Å². The fourth-order valence-corrected chi connectivity index (χ4v) is 3.62. The smallest absolute Gasteiger partial charge is 0.000481 e. The molecule has 3 saturated carbocycles. The zero-order valence-corrected chi connectivity index (χ0v) is 13.7. The van der Waals surface area contributed by atoms with Gasteiger partial charge in [-0.1, -0.05) is 27.7 Å². The zero-order valence-electron chi connectivity index (χ0n) is 13.7. The van der Waals surface area contributed by atoms with Crippen molar-refractivity contribution in [3.05, 3.63) is 0 Å². The SMILES string of the molecule is CC.CC.CNCC12CCC(CNC)(CC1)CC2. The Hall–Kier alpha value is -0.0800. The average Bonchev–Trinajstić information content (AvgIpc) is 2.46. The molecule has 3 rings (SSSR count). The highest BCUT2D eigenvalue weighted by Crippen LogP contribution is 2.56. The normalized spacial score (nSPS) is 33.0. The molecule has 18 heavy (non-hydrogen) atoms. The summed E-state index contributed by atoms with van der Waals surface area (Å²) in [7, 11) is 4.19. The second-order valence-electron chi connectivity index (χ2n) is 5.56. The Kier molecular flexibility index (Phi) is 8.89. The van der Waals surface area contributed by atoms with Gasteiger partial charge >= 0.3 is 0 Å². The van der Waals surface area contributed by atoms with E-state index in [4.69, 9.17) is 0 Å². The summed E-state index contributed by atoms with van der Waals surface area (Å²) < 4.78 is 0. The van der Waals surface area contributed by atoms with E-state index in [2.05, 4.69) is 24.7 Å². The van der Waals surface area contributed by atoms with Gasteiger partial charge in [-0.2, -0.15) is 0 Å². The summed E-state index contributed by atoms with van der Waals surface area (Å²) in [5.41, 5.74) is 1.34. The van der Waals surface area contributed by atoms with Gasteiger partial charge < -0.3 is 10.6 Å². The van der Waals surface area contributed by atoms with Crippen LogP contribution in [0.3, 0.4) is 0 Å². The van der Waals surface area contributed by atoms with E-state index in [0.717, 1.165) is 0 Å². The summed E-state index contributed by atoms with van der Waals surface area (Å²) in [6.07, 6.45) is 8.72. The molecule has 2 nitrogen and oxygen atoms in total. The van der Waals surface area contributed by atoms with Gasteiger partial charge in [0.15, 0.2) is 0 Å².